The molecule has 20 heavy (non-hydrogen) atoms. The predicted octanol–water partition coefficient (Wildman–Crippen LogP) is 1.85. The molecule has 0 heterocycles. The molecule has 0 aromatic carbocycles. The van der Waals surface area contributed by atoms with Gasteiger partial charge >= 0.3 is 0 Å². The zero-order valence-electron chi connectivity index (χ0n) is 13.7. The molecule has 0 radical (unpaired) electrons. The normalized spacial score (nSPS) is 14.4. The van der Waals surface area contributed by atoms with E-state index in [9.17, 15) is 0 Å². The topological polar surface area (TPSA) is 49.0 Å². The first-order valence-electron chi connectivity index (χ1n) is 7.67. The van der Waals surface area contributed by atoms with Crippen LogP contribution < -0.4 is 5.32 Å². The van der Waals surface area contributed by atoms with Crippen molar-refractivity contribution in [1.29, 1.82) is 0 Å². The van der Waals surface area contributed by atoms with Gasteiger partial charge in [-0.1, -0.05) is 13.8 Å². The van der Waals surface area contributed by atoms with Crippen molar-refractivity contribution < 1.29 is 18.9 Å². The van der Waals surface area contributed by atoms with Crippen molar-refractivity contribution in [3.63, 3.8) is 0 Å². The summed E-state index contributed by atoms with van der Waals surface area (Å²) in [6.45, 7) is 12.1. The molecule has 1 N–H and O–H groups in total. The number of methoxy groups -OCH3 is 1. The standard InChI is InChI=1S/C15H33NO4/c1-5-7-16-14-15(3,6-2)20-13-12-19-11-10-18-9-8-17-4/h16H,5-14H2,1-4H3. The maximum absolute atomic E-state index is 5.92. The van der Waals surface area contributed by atoms with Crippen molar-refractivity contribution in [2.75, 3.05) is 59.8 Å². The Labute approximate surface area is 124 Å². The molecule has 0 fully saturated rings. The number of rotatable bonds is 15. The van der Waals surface area contributed by atoms with Crippen LogP contribution in [0.5, 0.6) is 0 Å². The van der Waals surface area contributed by atoms with Gasteiger partial charge in [-0.3, -0.25) is 0 Å². The lowest BCUT2D eigenvalue weighted by molar-refractivity contribution is -0.0633. The number of hydrogen-bond donors (Lipinski definition) is 1. The molecule has 0 aromatic heterocycles. The highest BCUT2D eigenvalue weighted by Crippen LogP contribution is 2.13. The molecule has 5 heteroatoms. The molecule has 1 atom stereocenters. The van der Waals surface area contributed by atoms with Crippen molar-refractivity contribution >= 4 is 0 Å². The summed E-state index contributed by atoms with van der Waals surface area (Å²) in [5, 5.41) is 3.41. The summed E-state index contributed by atoms with van der Waals surface area (Å²) in [7, 11) is 1.66. The molecule has 1 unspecified atom stereocenters. The molecule has 0 rings (SSSR count). The molecular weight excluding hydrogens is 258 g/mol. The van der Waals surface area contributed by atoms with Crippen molar-refractivity contribution in [3.05, 3.63) is 0 Å². The molecule has 5 nitrogen and oxygen atoms in total. The van der Waals surface area contributed by atoms with E-state index in [1.54, 1.807) is 7.11 Å². The monoisotopic (exact) mass is 291 g/mol. The van der Waals surface area contributed by atoms with Gasteiger partial charge in [0.2, 0.25) is 0 Å². The van der Waals surface area contributed by atoms with E-state index in [1.165, 1.54) is 0 Å². The molecule has 0 saturated carbocycles. The van der Waals surface area contributed by atoms with Gasteiger partial charge < -0.3 is 24.3 Å². The van der Waals surface area contributed by atoms with Crippen molar-refractivity contribution in [2.24, 2.45) is 0 Å². The quantitative estimate of drug-likeness (QED) is 0.467. The van der Waals surface area contributed by atoms with Gasteiger partial charge in [-0.05, 0) is 26.3 Å². The molecule has 122 valence electrons. The Morgan fingerprint density at radius 2 is 1.50 bits per heavy atom. The van der Waals surface area contributed by atoms with Gasteiger partial charge in [0.05, 0.1) is 45.2 Å². The lowest BCUT2D eigenvalue weighted by Crippen LogP contribution is -2.41. The smallest absolute Gasteiger partial charge is 0.0776 e. The summed E-state index contributed by atoms with van der Waals surface area (Å²) < 4.78 is 21.6. The van der Waals surface area contributed by atoms with Crippen LogP contribution in [0.4, 0.5) is 0 Å². The van der Waals surface area contributed by atoms with E-state index in [0.29, 0.717) is 39.6 Å². The van der Waals surface area contributed by atoms with Crippen molar-refractivity contribution in [2.45, 2.75) is 39.2 Å². The summed E-state index contributed by atoms with van der Waals surface area (Å²) in [4.78, 5) is 0. The minimum absolute atomic E-state index is 0.104. The van der Waals surface area contributed by atoms with E-state index < -0.39 is 0 Å². The van der Waals surface area contributed by atoms with Crippen LogP contribution in [0.25, 0.3) is 0 Å². The van der Waals surface area contributed by atoms with Gasteiger partial charge in [0, 0.05) is 13.7 Å². The molecule has 0 aliphatic rings. The summed E-state index contributed by atoms with van der Waals surface area (Å²) in [6, 6.07) is 0. The average Bonchev–Trinajstić information content (AvgIpc) is 2.46. The highest BCUT2D eigenvalue weighted by atomic mass is 16.6. The van der Waals surface area contributed by atoms with E-state index >= 15 is 0 Å². The highest BCUT2D eigenvalue weighted by Gasteiger charge is 2.21. The molecule has 0 aliphatic heterocycles. The second-order valence-electron chi connectivity index (χ2n) is 5.05. The fraction of sp³-hybridized carbons (Fsp3) is 1.00. The fourth-order valence-electron chi connectivity index (χ4n) is 1.62. The third-order valence-corrected chi connectivity index (χ3v) is 3.16. The first-order chi connectivity index (χ1) is 9.68. The third-order valence-electron chi connectivity index (χ3n) is 3.16. The second-order valence-corrected chi connectivity index (χ2v) is 5.05. The summed E-state index contributed by atoms with van der Waals surface area (Å²) in [5.41, 5.74) is -0.104. The van der Waals surface area contributed by atoms with Crippen LogP contribution in [0.1, 0.15) is 33.6 Å². The van der Waals surface area contributed by atoms with Crippen LogP contribution in [0.2, 0.25) is 0 Å². The van der Waals surface area contributed by atoms with Crippen LogP contribution in [0, 0.1) is 0 Å². The van der Waals surface area contributed by atoms with Gasteiger partial charge in [0.1, 0.15) is 0 Å². The van der Waals surface area contributed by atoms with Crippen molar-refractivity contribution in [1.82, 2.24) is 5.32 Å². The molecule has 0 spiro atoms. The lowest BCUT2D eigenvalue weighted by atomic mass is 10.0. The van der Waals surface area contributed by atoms with E-state index in [0.717, 1.165) is 25.9 Å². The predicted molar refractivity (Wildman–Crippen MR) is 81.3 cm³/mol. The molecule has 0 aliphatic carbocycles. The Bertz CT molecular complexity index is 204. The van der Waals surface area contributed by atoms with Crippen LogP contribution in [0.3, 0.4) is 0 Å². The number of hydrogen-bond acceptors (Lipinski definition) is 5. The fourth-order valence-corrected chi connectivity index (χ4v) is 1.62. The van der Waals surface area contributed by atoms with Gasteiger partial charge in [-0.2, -0.15) is 0 Å². The lowest BCUT2D eigenvalue weighted by Gasteiger charge is -2.29. The Kier molecular flexibility index (Phi) is 13.6. The summed E-state index contributed by atoms with van der Waals surface area (Å²) in [5.74, 6) is 0. The molecular formula is C15H33NO4. The minimum atomic E-state index is -0.104. The Balaban J connectivity index is 3.45. The van der Waals surface area contributed by atoms with Crippen molar-refractivity contribution in [3.8, 4) is 0 Å². The van der Waals surface area contributed by atoms with Crippen LogP contribution in [-0.2, 0) is 18.9 Å². The first kappa shape index (κ1) is 19.8. The molecule has 0 aromatic rings. The number of ether oxygens (including phenoxy) is 4. The van der Waals surface area contributed by atoms with E-state index in [4.69, 9.17) is 18.9 Å². The highest BCUT2D eigenvalue weighted by molar-refractivity contribution is 4.76. The molecule has 0 amide bonds. The maximum Gasteiger partial charge on any atom is 0.0776 e. The average molecular weight is 291 g/mol. The second kappa shape index (κ2) is 13.8. The van der Waals surface area contributed by atoms with Crippen LogP contribution in [-0.4, -0.2) is 65.4 Å². The zero-order chi connectivity index (χ0) is 15.1. The summed E-state index contributed by atoms with van der Waals surface area (Å²) >= 11 is 0. The minimum Gasteiger partial charge on any atom is -0.382 e. The molecule has 0 bridgehead atoms. The molecule has 0 saturated heterocycles. The van der Waals surface area contributed by atoms with Gasteiger partial charge in [-0.25, -0.2) is 0 Å². The Hall–Kier alpha value is -0.200. The Morgan fingerprint density at radius 1 is 0.900 bits per heavy atom. The van der Waals surface area contributed by atoms with E-state index in [1.807, 2.05) is 0 Å². The van der Waals surface area contributed by atoms with Gasteiger partial charge in [0.15, 0.2) is 0 Å². The third kappa shape index (κ3) is 11.6. The zero-order valence-corrected chi connectivity index (χ0v) is 13.7. The Morgan fingerprint density at radius 3 is 2.05 bits per heavy atom. The number of nitrogens with one attached hydrogen (secondary N) is 1. The van der Waals surface area contributed by atoms with Gasteiger partial charge in [-0.15, -0.1) is 0 Å². The SMILES string of the molecule is CCCNCC(C)(CC)OCCOCCOCCOC. The van der Waals surface area contributed by atoms with E-state index in [-0.39, 0.29) is 5.60 Å². The van der Waals surface area contributed by atoms with Gasteiger partial charge in [0.25, 0.3) is 0 Å². The maximum atomic E-state index is 5.92. The van der Waals surface area contributed by atoms with E-state index in [2.05, 4.69) is 26.1 Å². The largest absolute Gasteiger partial charge is 0.382 e. The van der Waals surface area contributed by atoms with Crippen LogP contribution in [0.15, 0.2) is 0 Å². The first-order valence-corrected chi connectivity index (χ1v) is 7.67. The van der Waals surface area contributed by atoms with Crippen LogP contribution >= 0.6 is 0 Å². The summed E-state index contributed by atoms with van der Waals surface area (Å²) in [6.07, 6.45) is 2.13.